The van der Waals surface area contributed by atoms with Gasteiger partial charge in [0.25, 0.3) is 5.91 Å². The second-order valence-electron chi connectivity index (χ2n) is 6.02. The summed E-state index contributed by atoms with van der Waals surface area (Å²) in [6.45, 7) is 0.224. The standard InChI is InChI=1S/C19H16F2N4O3S/c1-27-14-7-2-3-8-15(14)28-11-16-22-23-19-25(16)24(9-10-29-19)18(26)17-12(20)5-4-6-13(17)21/h2-8H,9-11H2,1H3. The highest BCUT2D eigenvalue weighted by molar-refractivity contribution is 7.99. The van der Waals surface area contributed by atoms with Gasteiger partial charge in [0.1, 0.15) is 23.8 Å². The molecule has 0 spiro atoms. The van der Waals surface area contributed by atoms with Gasteiger partial charge < -0.3 is 9.47 Å². The number of nitrogens with zero attached hydrogens (tertiary/aromatic N) is 4. The summed E-state index contributed by atoms with van der Waals surface area (Å²) < 4.78 is 40.7. The Balaban J connectivity index is 1.64. The fourth-order valence-electron chi connectivity index (χ4n) is 2.95. The van der Waals surface area contributed by atoms with Gasteiger partial charge in [0.2, 0.25) is 5.16 Å². The zero-order chi connectivity index (χ0) is 20.4. The van der Waals surface area contributed by atoms with Crippen LogP contribution in [-0.4, -0.2) is 40.2 Å². The van der Waals surface area contributed by atoms with E-state index in [1.54, 1.807) is 18.2 Å². The first-order valence-electron chi connectivity index (χ1n) is 8.69. The van der Waals surface area contributed by atoms with E-state index in [1.165, 1.54) is 34.6 Å². The predicted molar refractivity (Wildman–Crippen MR) is 102 cm³/mol. The third-order valence-corrected chi connectivity index (χ3v) is 5.19. The van der Waals surface area contributed by atoms with Crippen molar-refractivity contribution in [1.82, 2.24) is 14.9 Å². The second kappa shape index (κ2) is 8.08. The van der Waals surface area contributed by atoms with E-state index in [4.69, 9.17) is 9.47 Å². The first-order valence-corrected chi connectivity index (χ1v) is 9.67. The Bertz CT molecular complexity index is 1040. The molecule has 0 fully saturated rings. The minimum absolute atomic E-state index is 0.0164. The Morgan fingerprint density at radius 2 is 1.83 bits per heavy atom. The summed E-state index contributed by atoms with van der Waals surface area (Å²) in [7, 11) is 1.53. The molecular weight excluding hydrogens is 402 g/mol. The molecule has 0 N–H and O–H groups in total. The van der Waals surface area contributed by atoms with Gasteiger partial charge in [-0.05, 0) is 24.3 Å². The number of benzene rings is 2. The van der Waals surface area contributed by atoms with E-state index in [-0.39, 0.29) is 13.2 Å². The molecule has 1 aromatic heterocycles. The molecule has 1 aliphatic heterocycles. The highest BCUT2D eigenvalue weighted by Gasteiger charge is 2.31. The van der Waals surface area contributed by atoms with E-state index < -0.39 is 23.1 Å². The average Bonchev–Trinajstić information content (AvgIpc) is 3.15. The lowest BCUT2D eigenvalue weighted by Crippen LogP contribution is -2.46. The first-order chi connectivity index (χ1) is 14.1. The van der Waals surface area contributed by atoms with E-state index >= 15 is 0 Å². The summed E-state index contributed by atoms with van der Waals surface area (Å²) in [6, 6.07) is 10.4. The number of hydrogen-bond donors (Lipinski definition) is 0. The molecule has 4 rings (SSSR count). The Morgan fingerprint density at radius 1 is 1.10 bits per heavy atom. The molecule has 1 amide bonds. The molecule has 7 nitrogen and oxygen atoms in total. The zero-order valence-corrected chi connectivity index (χ0v) is 16.2. The largest absolute Gasteiger partial charge is 0.493 e. The fraction of sp³-hybridized carbons (Fsp3) is 0.211. The highest BCUT2D eigenvalue weighted by Crippen LogP contribution is 2.28. The van der Waals surface area contributed by atoms with Gasteiger partial charge in [-0.15, -0.1) is 10.2 Å². The lowest BCUT2D eigenvalue weighted by atomic mass is 10.2. The van der Waals surface area contributed by atoms with E-state index in [0.717, 1.165) is 12.1 Å². The van der Waals surface area contributed by atoms with Crippen LogP contribution < -0.4 is 14.5 Å². The number of ether oxygens (including phenoxy) is 2. The topological polar surface area (TPSA) is 69.5 Å². The monoisotopic (exact) mass is 418 g/mol. The van der Waals surface area contributed by atoms with Gasteiger partial charge in [-0.2, -0.15) is 0 Å². The number of carbonyl (C=O) groups is 1. The molecule has 0 bridgehead atoms. The van der Waals surface area contributed by atoms with E-state index in [0.29, 0.717) is 28.2 Å². The van der Waals surface area contributed by atoms with E-state index in [2.05, 4.69) is 10.2 Å². The zero-order valence-electron chi connectivity index (χ0n) is 15.3. The van der Waals surface area contributed by atoms with Crippen molar-refractivity contribution in [2.45, 2.75) is 11.8 Å². The number of rotatable bonds is 5. The smallest absolute Gasteiger partial charge is 0.278 e. The lowest BCUT2D eigenvalue weighted by molar-refractivity contribution is 0.0944. The molecule has 10 heteroatoms. The van der Waals surface area contributed by atoms with E-state index in [9.17, 15) is 13.6 Å². The summed E-state index contributed by atoms with van der Waals surface area (Å²) in [6.07, 6.45) is 0. The van der Waals surface area contributed by atoms with Crippen LogP contribution in [-0.2, 0) is 6.61 Å². The molecule has 2 heterocycles. The predicted octanol–water partition coefficient (Wildman–Crippen LogP) is 3.03. The van der Waals surface area contributed by atoms with Crippen LogP contribution in [0.15, 0.2) is 47.6 Å². The van der Waals surface area contributed by atoms with Crippen LogP contribution >= 0.6 is 11.8 Å². The van der Waals surface area contributed by atoms with Crippen molar-refractivity contribution >= 4 is 17.7 Å². The number of hydrogen-bond acceptors (Lipinski definition) is 6. The third-order valence-electron chi connectivity index (χ3n) is 4.29. The summed E-state index contributed by atoms with van der Waals surface area (Å²) in [5.74, 6) is -0.767. The number of para-hydroxylation sites is 2. The maximum Gasteiger partial charge on any atom is 0.278 e. The summed E-state index contributed by atoms with van der Waals surface area (Å²) in [5, 5.41) is 9.83. The van der Waals surface area contributed by atoms with Gasteiger partial charge >= 0.3 is 0 Å². The van der Waals surface area contributed by atoms with Crippen LogP contribution in [0.25, 0.3) is 0 Å². The molecular formula is C19H16F2N4O3S. The van der Waals surface area contributed by atoms with Gasteiger partial charge in [-0.25, -0.2) is 18.5 Å². The van der Waals surface area contributed by atoms with Crippen molar-refractivity contribution < 1.29 is 23.0 Å². The van der Waals surface area contributed by atoms with Gasteiger partial charge in [0.05, 0.1) is 13.7 Å². The molecule has 29 heavy (non-hydrogen) atoms. The molecule has 0 saturated carbocycles. The van der Waals surface area contributed by atoms with Crippen LogP contribution in [0.3, 0.4) is 0 Å². The average molecular weight is 418 g/mol. The molecule has 150 valence electrons. The number of halogens is 2. The van der Waals surface area contributed by atoms with Crippen molar-refractivity contribution in [3.05, 3.63) is 65.5 Å². The number of methoxy groups -OCH3 is 1. The van der Waals surface area contributed by atoms with Crippen molar-refractivity contribution in [3.8, 4) is 11.5 Å². The molecule has 0 aliphatic carbocycles. The number of thioether (sulfide) groups is 1. The summed E-state index contributed by atoms with van der Waals surface area (Å²) in [4.78, 5) is 12.9. The van der Waals surface area contributed by atoms with Gasteiger partial charge in [-0.3, -0.25) is 4.79 Å². The van der Waals surface area contributed by atoms with Crippen LogP contribution in [0, 0.1) is 11.6 Å². The van der Waals surface area contributed by atoms with Crippen LogP contribution in [0.5, 0.6) is 11.5 Å². The van der Waals surface area contributed by atoms with Gasteiger partial charge in [-0.1, -0.05) is 30.0 Å². The molecule has 2 aromatic carbocycles. The SMILES string of the molecule is COc1ccccc1OCc1nnc2n1N(C(=O)c1c(F)cccc1F)CCS2. The Morgan fingerprint density at radius 3 is 2.55 bits per heavy atom. The fourth-order valence-corrected chi connectivity index (χ4v) is 3.82. The highest BCUT2D eigenvalue weighted by atomic mass is 32.2. The quantitative estimate of drug-likeness (QED) is 0.635. The lowest BCUT2D eigenvalue weighted by Gasteiger charge is -2.29. The Hall–Kier alpha value is -3.14. The maximum absolute atomic E-state index is 14.1. The second-order valence-corrected chi connectivity index (χ2v) is 7.09. The van der Waals surface area contributed by atoms with Crippen molar-refractivity contribution in [1.29, 1.82) is 0 Å². The summed E-state index contributed by atoms with van der Waals surface area (Å²) in [5.41, 5.74) is -0.615. The van der Waals surface area contributed by atoms with Crippen molar-refractivity contribution in [2.75, 3.05) is 24.4 Å². The minimum atomic E-state index is -0.922. The molecule has 0 radical (unpaired) electrons. The third kappa shape index (κ3) is 3.63. The van der Waals surface area contributed by atoms with Crippen molar-refractivity contribution in [2.24, 2.45) is 0 Å². The van der Waals surface area contributed by atoms with Gasteiger partial charge in [0.15, 0.2) is 17.3 Å². The Labute approximate surface area is 169 Å². The molecule has 3 aromatic rings. The van der Waals surface area contributed by atoms with Gasteiger partial charge in [0, 0.05) is 5.75 Å². The molecule has 0 atom stereocenters. The number of carbonyl (C=O) groups excluding carboxylic acids is 1. The number of aromatic nitrogens is 3. The van der Waals surface area contributed by atoms with Crippen molar-refractivity contribution in [3.63, 3.8) is 0 Å². The molecule has 0 unspecified atom stereocenters. The first kappa shape index (κ1) is 19.2. The van der Waals surface area contributed by atoms with E-state index in [1.807, 2.05) is 6.07 Å². The minimum Gasteiger partial charge on any atom is -0.493 e. The normalized spacial score (nSPS) is 13.1. The Kier molecular flexibility index (Phi) is 5.34. The maximum atomic E-state index is 14.1. The van der Waals surface area contributed by atoms with Crippen LogP contribution in [0.4, 0.5) is 8.78 Å². The number of amides is 1. The van der Waals surface area contributed by atoms with Crippen LogP contribution in [0.1, 0.15) is 16.2 Å². The molecule has 1 aliphatic rings. The number of fused-ring (bicyclic) bond motifs is 1. The molecule has 0 saturated heterocycles. The van der Waals surface area contributed by atoms with Crippen LogP contribution in [0.2, 0.25) is 0 Å². The summed E-state index contributed by atoms with van der Waals surface area (Å²) >= 11 is 1.39.